The summed E-state index contributed by atoms with van der Waals surface area (Å²) in [7, 11) is 0. The summed E-state index contributed by atoms with van der Waals surface area (Å²) in [5.41, 5.74) is -3.27. The molecule has 0 bridgehead atoms. The molecule has 0 fully saturated rings. The van der Waals surface area contributed by atoms with Crippen molar-refractivity contribution in [1.29, 1.82) is 0 Å². The molecule has 9 heteroatoms. The van der Waals surface area contributed by atoms with Crippen LogP contribution in [0.4, 0.5) is 26.3 Å². The first kappa shape index (κ1) is 19.6. The van der Waals surface area contributed by atoms with E-state index in [1.54, 1.807) is 6.92 Å². The van der Waals surface area contributed by atoms with Crippen molar-refractivity contribution >= 4 is 12.0 Å². The average molecular weight is 378 g/mol. The highest BCUT2D eigenvalue weighted by Crippen LogP contribution is 2.38. The Labute approximate surface area is 143 Å². The van der Waals surface area contributed by atoms with Gasteiger partial charge in [0.05, 0.1) is 17.7 Å². The highest BCUT2D eigenvalue weighted by Gasteiger charge is 2.37. The summed E-state index contributed by atoms with van der Waals surface area (Å²) in [6, 6.07) is 3.67. The molecule has 1 aromatic heterocycles. The third-order valence-electron chi connectivity index (χ3n) is 3.17. The maximum atomic E-state index is 12.9. The van der Waals surface area contributed by atoms with E-state index in [1.165, 1.54) is 18.2 Å². The lowest BCUT2D eigenvalue weighted by molar-refractivity contribution is -0.143. The summed E-state index contributed by atoms with van der Waals surface area (Å²) in [4.78, 5) is 11.2. The van der Waals surface area contributed by atoms with Crippen LogP contribution >= 0.6 is 0 Å². The Bertz CT molecular complexity index is 782. The number of hydrogen-bond donors (Lipinski definition) is 0. The Kier molecular flexibility index (Phi) is 5.48. The van der Waals surface area contributed by atoms with Gasteiger partial charge in [0.1, 0.15) is 11.5 Å². The zero-order valence-corrected chi connectivity index (χ0v) is 13.2. The quantitative estimate of drug-likeness (QED) is 0.397. The van der Waals surface area contributed by atoms with Crippen molar-refractivity contribution in [3.05, 3.63) is 53.3 Å². The van der Waals surface area contributed by atoms with Gasteiger partial charge in [0.15, 0.2) is 0 Å². The minimum absolute atomic E-state index is 0.0357. The van der Waals surface area contributed by atoms with Crippen LogP contribution in [-0.2, 0) is 21.9 Å². The Morgan fingerprint density at radius 2 is 1.62 bits per heavy atom. The van der Waals surface area contributed by atoms with E-state index >= 15 is 0 Å². The van der Waals surface area contributed by atoms with Crippen LogP contribution in [0.5, 0.6) is 0 Å². The molecule has 0 aliphatic heterocycles. The van der Waals surface area contributed by atoms with E-state index < -0.39 is 29.4 Å². The number of carbonyl (C=O) groups is 1. The maximum Gasteiger partial charge on any atom is 0.416 e. The fraction of sp³-hybridized carbons (Fsp3) is 0.235. The SMILES string of the molecule is CCOC(=O)/C=C/c1ccc(-c2cc(C(F)(F)F)cc(C(F)(F)F)c2)o1. The fourth-order valence-corrected chi connectivity index (χ4v) is 2.04. The van der Waals surface area contributed by atoms with E-state index in [1.807, 2.05) is 0 Å². The first-order chi connectivity index (χ1) is 12.0. The first-order valence-electron chi connectivity index (χ1n) is 7.25. The molecule has 2 aromatic rings. The second kappa shape index (κ2) is 7.27. The van der Waals surface area contributed by atoms with Crippen LogP contribution in [0.25, 0.3) is 17.4 Å². The van der Waals surface area contributed by atoms with Gasteiger partial charge in [-0.05, 0) is 43.3 Å². The number of rotatable bonds is 4. The molecule has 0 radical (unpaired) electrons. The van der Waals surface area contributed by atoms with Crippen molar-refractivity contribution < 1.29 is 40.3 Å². The number of alkyl halides is 6. The topological polar surface area (TPSA) is 39.4 Å². The van der Waals surface area contributed by atoms with E-state index in [-0.39, 0.29) is 29.8 Å². The van der Waals surface area contributed by atoms with Gasteiger partial charge in [-0.2, -0.15) is 26.3 Å². The fourth-order valence-electron chi connectivity index (χ4n) is 2.04. The summed E-state index contributed by atoms with van der Waals surface area (Å²) >= 11 is 0. The first-order valence-corrected chi connectivity index (χ1v) is 7.25. The highest BCUT2D eigenvalue weighted by molar-refractivity contribution is 5.86. The molecular weight excluding hydrogens is 366 g/mol. The van der Waals surface area contributed by atoms with Crippen molar-refractivity contribution in [3.8, 4) is 11.3 Å². The predicted molar refractivity (Wildman–Crippen MR) is 79.8 cm³/mol. The molecule has 1 aromatic carbocycles. The van der Waals surface area contributed by atoms with Gasteiger partial charge in [-0.15, -0.1) is 0 Å². The van der Waals surface area contributed by atoms with Crippen molar-refractivity contribution in [2.24, 2.45) is 0 Å². The zero-order valence-electron chi connectivity index (χ0n) is 13.2. The number of furan rings is 1. The number of ether oxygens (including phenoxy) is 1. The number of halogens is 6. The normalized spacial score (nSPS) is 12.6. The molecule has 26 heavy (non-hydrogen) atoms. The van der Waals surface area contributed by atoms with Gasteiger partial charge < -0.3 is 9.15 Å². The van der Waals surface area contributed by atoms with Crippen LogP contribution in [-0.4, -0.2) is 12.6 Å². The van der Waals surface area contributed by atoms with Crippen LogP contribution in [0.15, 0.2) is 40.8 Å². The molecule has 0 amide bonds. The molecule has 0 atom stereocenters. The number of benzene rings is 1. The van der Waals surface area contributed by atoms with E-state index in [9.17, 15) is 31.1 Å². The van der Waals surface area contributed by atoms with Gasteiger partial charge in [-0.25, -0.2) is 4.79 Å². The Morgan fingerprint density at radius 1 is 1.04 bits per heavy atom. The minimum atomic E-state index is -4.95. The number of hydrogen-bond acceptors (Lipinski definition) is 3. The summed E-state index contributed by atoms with van der Waals surface area (Å²) in [5, 5.41) is 0. The number of esters is 1. The zero-order chi connectivity index (χ0) is 19.5. The smallest absolute Gasteiger partial charge is 0.416 e. The molecule has 0 aliphatic rings. The lowest BCUT2D eigenvalue weighted by atomic mass is 10.0. The third-order valence-corrected chi connectivity index (χ3v) is 3.17. The standard InChI is InChI=1S/C17H12F6O3/c1-2-25-15(24)6-4-13-3-5-14(26-13)10-7-11(16(18,19)20)9-12(8-10)17(21,22)23/h3-9H,2H2,1H3/b6-4+. The Balaban J connectivity index is 2.41. The second-order valence-electron chi connectivity index (χ2n) is 5.08. The van der Waals surface area contributed by atoms with Crippen LogP contribution in [0.2, 0.25) is 0 Å². The molecule has 0 unspecified atom stereocenters. The largest absolute Gasteiger partial charge is 0.463 e. The van der Waals surface area contributed by atoms with Gasteiger partial charge in [-0.3, -0.25) is 0 Å². The monoisotopic (exact) mass is 378 g/mol. The van der Waals surface area contributed by atoms with E-state index in [0.717, 1.165) is 6.08 Å². The molecule has 0 saturated carbocycles. The molecule has 0 spiro atoms. The Hall–Kier alpha value is -2.71. The van der Waals surface area contributed by atoms with Gasteiger partial charge in [-0.1, -0.05) is 0 Å². The molecule has 0 N–H and O–H groups in total. The van der Waals surface area contributed by atoms with Crippen molar-refractivity contribution in [3.63, 3.8) is 0 Å². The third kappa shape index (κ3) is 4.90. The van der Waals surface area contributed by atoms with Crippen molar-refractivity contribution in [1.82, 2.24) is 0 Å². The lowest BCUT2D eigenvalue weighted by Crippen LogP contribution is -2.11. The van der Waals surface area contributed by atoms with E-state index in [4.69, 9.17) is 4.42 Å². The summed E-state index contributed by atoms with van der Waals surface area (Å²) < 4.78 is 87.1. The minimum Gasteiger partial charge on any atom is -0.463 e. The highest BCUT2D eigenvalue weighted by atomic mass is 19.4. The summed E-state index contributed by atoms with van der Waals surface area (Å²) in [6.45, 7) is 1.75. The van der Waals surface area contributed by atoms with Crippen LogP contribution in [0.1, 0.15) is 23.8 Å². The van der Waals surface area contributed by atoms with Crippen LogP contribution < -0.4 is 0 Å². The second-order valence-corrected chi connectivity index (χ2v) is 5.08. The van der Waals surface area contributed by atoms with Crippen molar-refractivity contribution in [2.45, 2.75) is 19.3 Å². The lowest BCUT2D eigenvalue weighted by Gasteiger charge is -2.13. The molecule has 0 saturated heterocycles. The summed E-state index contributed by atoms with van der Waals surface area (Å²) in [6.07, 6.45) is -7.68. The molecule has 0 aliphatic carbocycles. The van der Waals surface area contributed by atoms with Crippen molar-refractivity contribution in [2.75, 3.05) is 6.61 Å². The molecule has 1 heterocycles. The summed E-state index contributed by atoms with van der Waals surface area (Å²) in [5.74, 6) is -0.798. The number of carbonyl (C=O) groups excluding carboxylic acids is 1. The van der Waals surface area contributed by atoms with Gasteiger partial charge in [0, 0.05) is 11.6 Å². The van der Waals surface area contributed by atoms with Crippen LogP contribution in [0.3, 0.4) is 0 Å². The molecule has 140 valence electrons. The van der Waals surface area contributed by atoms with E-state index in [0.29, 0.717) is 12.1 Å². The van der Waals surface area contributed by atoms with Crippen LogP contribution in [0, 0.1) is 0 Å². The predicted octanol–water partition coefficient (Wildman–Crippen LogP) is 5.56. The molecule has 3 nitrogen and oxygen atoms in total. The van der Waals surface area contributed by atoms with Gasteiger partial charge >= 0.3 is 18.3 Å². The average Bonchev–Trinajstić information content (AvgIpc) is 3.00. The molecular formula is C17H12F6O3. The maximum absolute atomic E-state index is 12.9. The Morgan fingerprint density at radius 3 is 2.12 bits per heavy atom. The van der Waals surface area contributed by atoms with Gasteiger partial charge in [0.2, 0.25) is 0 Å². The van der Waals surface area contributed by atoms with E-state index in [2.05, 4.69) is 4.74 Å². The van der Waals surface area contributed by atoms with Gasteiger partial charge in [0.25, 0.3) is 0 Å². The molecule has 2 rings (SSSR count).